The molecule has 0 unspecified atom stereocenters. The van der Waals surface area contributed by atoms with Crippen LogP contribution in [0.5, 0.6) is 11.5 Å². The number of rotatable bonds is 6. The molecule has 0 spiro atoms. The van der Waals surface area contributed by atoms with E-state index < -0.39 is 0 Å². The van der Waals surface area contributed by atoms with Crippen molar-refractivity contribution >= 4 is 17.4 Å². The zero-order valence-corrected chi connectivity index (χ0v) is 20.7. The van der Waals surface area contributed by atoms with E-state index in [1.807, 2.05) is 37.3 Å². The van der Waals surface area contributed by atoms with Crippen molar-refractivity contribution < 1.29 is 14.3 Å². The molecule has 1 atom stereocenters. The van der Waals surface area contributed by atoms with Crippen LogP contribution in [0, 0.1) is 13.8 Å². The van der Waals surface area contributed by atoms with E-state index in [-0.39, 0.29) is 18.2 Å². The van der Waals surface area contributed by atoms with Crippen LogP contribution in [0.4, 0.5) is 5.82 Å². The monoisotopic (exact) mass is 495 g/mol. The molecule has 2 aromatic carbocycles. The summed E-state index contributed by atoms with van der Waals surface area (Å²) in [7, 11) is 1.62. The van der Waals surface area contributed by atoms with Crippen molar-refractivity contribution in [1.29, 1.82) is 0 Å². The van der Waals surface area contributed by atoms with Gasteiger partial charge in [0.25, 0.3) is 0 Å². The second-order valence-corrected chi connectivity index (χ2v) is 9.05. The van der Waals surface area contributed by atoms with Crippen LogP contribution in [-0.2, 0) is 11.4 Å². The normalized spacial score (nSPS) is 14.9. The molecule has 3 aromatic heterocycles. The average molecular weight is 496 g/mol. The summed E-state index contributed by atoms with van der Waals surface area (Å²) >= 11 is 0. The lowest BCUT2D eigenvalue weighted by Crippen LogP contribution is -2.25. The van der Waals surface area contributed by atoms with Gasteiger partial charge in [0.2, 0.25) is 5.91 Å². The molecule has 0 bridgehead atoms. The zero-order chi connectivity index (χ0) is 25.5. The summed E-state index contributed by atoms with van der Waals surface area (Å²) in [6, 6.07) is 17.6. The van der Waals surface area contributed by atoms with E-state index in [0.717, 1.165) is 27.9 Å². The number of fused-ring (bicyclic) bond motifs is 2. The van der Waals surface area contributed by atoms with Gasteiger partial charge in [-0.05, 0) is 37.6 Å². The summed E-state index contributed by atoms with van der Waals surface area (Å²) in [4.78, 5) is 13.0. The minimum absolute atomic E-state index is 0.114. The standard InChI is InChI=1S/C27H25N7O3/c1-16-6-4-7-18(12-16)14-37-26-19(8-5-9-21(26)36-3)20-13-24(35)29-27-25(20)17(2)31-34(27)23-11-10-22-30-28-15-33(22)32-23/h4-12,15,20H,13-14H2,1-3H3,(H,29,35)/t20-/m0/s1. The Morgan fingerprint density at radius 1 is 1.08 bits per heavy atom. The van der Waals surface area contributed by atoms with E-state index in [9.17, 15) is 4.79 Å². The average Bonchev–Trinajstić information content (AvgIpc) is 3.50. The Morgan fingerprint density at radius 3 is 2.78 bits per heavy atom. The molecule has 1 amide bonds. The van der Waals surface area contributed by atoms with Crippen LogP contribution in [0.3, 0.4) is 0 Å². The Labute approximate surface area is 212 Å². The molecule has 0 aliphatic carbocycles. The topological polar surface area (TPSA) is 108 Å². The van der Waals surface area contributed by atoms with Gasteiger partial charge in [-0.3, -0.25) is 4.79 Å². The van der Waals surface area contributed by atoms with Crippen molar-refractivity contribution in [2.45, 2.75) is 32.8 Å². The summed E-state index contributed by atoms with van der Waals surface area (Å²) in [5.41, 5.74) is 5.41. The molecule has 0 radical (unpaired) electrons. The van der Waals surface area contributed by atoms with Crippen molar-refractivity contribution in [3.05, 3.63) is 88.9 Å². The maximum absolute atomic E-state index is 13.0. The molecule has 186 valence electrons. The zero-order valence-electron chi connectivity index (χ0n) is 20.7. The van der Waals surface area contributed by atoms with E-state index in [2.05, 4.69) is 39.7 Å². The van der Waals surface area contributed by atoms with E-state index in [4.69, 9.17) is 14.6 Å². The van der Waals surface area contributed by atoms with E-state index >= 15 is 0 Å². The number of hydrogen-bond acceptors (Lipinski definition) is 7. The number of ether oxygens (including phenoxy) is 2. The maximum atomic E-state index is 13.0. The second kappa shape index (κ2) is 9.05. The summed E-state index contributed by atoms with van der Waals surface area (Å²) in [6.07, 6.45) is 1.78. The Bertz CT molecular complexity index is 1640. The number of carbonyl (C=O) groups excluding carboxylic acids is 1. The maximum Gasteiger partial charge on any atom is 0.226 e. The smallest absolute Gasteiger partial charge is 0.226 e. The highest BCUT2D eigenvalue weighted by Gasteiger charge is 2.35. The van der Waals surface area contributed by atoms with Gasteiger partial charge >= 0.3 is 0 Å². The van der Waals surface area contributed by atoms with Gasteiger partial charge in [-0.15, -0.1) is 15.3 Å². The molecule has 0 saturated heterocycles. The molecule has 1 aliphatic heterocycles. The van der Waals surface area contributed by atoms with Gasteiger partial charge in [-0.25, -0.2) is 0 Å². The Kier molecular flexibility index (Phi) is 5.56. The number of methoxy groups -OCH3 is 1. The lowest BCUT2D eigenvalue weighted by atomic mass is 9.85. The number of para-hydroxylation sites is 1. The number of aryl methyl sites for hydroxylation is 2. The lowest BCUT2D eigenvalue weighted by Gasteiger charge is -2.26. The van der Waals surface area contributed by atoms with Crippen LogP contribution < -0.4 is 14.8 Å². The summed E-state index contributed by atoms with van der Waals surface area (Å²) in [5, 5.41) is 20.2. The van der Waals surface area contributed by atoms with Crippen molar-refractivity contribution in [2.24, 2.45) is 0 Å². The first kappa shape index (κ1) is 22.7. The van der Waals surface area contributed by atoms with E-state index in [0.29, 0.717) is 35.4 Å². The highest BCUT2D eigenvalue weighted by atomic mass is 16.5. The predicted octanol–water partition coefficient (Wildman–Crippen LogP) is 3.99. The van der Waals surface area contributed by atoms with Crippen LogP contribution in [0.15, 0.2) is 60.9 Å². The molecular formula is C27H25N7O3. The number of aromatic nitrogens is 6. The fourth-order valence-electron chi connectivity index (χ4n) is 4.89. The van der Waals surface area contributed by atoms with Crippen LogP contribution >= 0.6 is 0 Å². The van der Waals surface area contributed by atoms with Crippen LogP contribution in [0.2, 0.25) is 0 Å². The second-order valence-electron chi connectivity index (χ2n) is 9.05. The van der Waals surface area contributed by atoms with E-state index in [1.54, 1.807) is 28.4 Å². The van der Waals surface area contributed by atoms with Gasteiger partial charge in [0.1, 0.15) is 18.8 Å². The molecule has 10 heteroatoms. The summed E-state index contributed by atoms with van der Waals surface area (Å²) in [6.45, 7) is 4.36. The number of anilines is 1. The number of amides is 1. The molecule has 4 heterocycles. The third kappa shape index (κ3) is 4.06. The first-order valence-electron chi connectivity index (χ1n) is 11.9. The van der Waals surface area contributed by atoms with Gasteiger partial charge < -0.3 is 14.8 Å². The predicted molar refractivity (Wildman–Crippen MR) is 136 cm³/mol. The minimum Gasteiger partial charge on any atom is -0.493 e. The number of carbonyl (C=O) groups is 1. The largest absolute Gasteiger partial charge is 0.493 e. The molecule has 37 heavy (non-hydrogen) atoms. The van der Waals surface area contributed by atoms with Gasteiger partial charge in [-0.1, -0.05) is 42.0 Å². The number of nitrogens with one attached hydrogen (secondary N) is 1. The van der Waals surface area contributed by atoms with E-state index in [1.165, 1.54) is 6.33 Å². The molecule has 0 fully saturated rings. The van der Waals surface area contributed by atoms with Crippen LogP contribution in [0.1, 0.15) is 40.3 Å². The summed E-state index contributed by atoms with van der Waals surface area (Å²) in [5.74, 6) is 1.97. The Hall–Kier alpha value is -4.73. The van der Waals surface area contributed by atoms with Gasteiger partial charge in [-0.2, -0.15) is 14.3 Å². The fraction of sp³-hybridized carbons (Fsp3) is 0.222. The molecule has 6 rings (SSSR count). The third-order valence-corrected chi connectivity index (χ3v) is 6.54. The number of hydrogen-bond donors (Lipinski definition) is 1. The Morgan fingerprint density at radius 2 is 1.95 bits per heavy atom. The molecule has 1 aliphatic rings. The molecule has 0 saturated carbocycles. The van der Waals surface area contributed by atoms with Gasteiger partial charge in [0.15, 0.2) is 23.0 Å². The SMILES string of the molecule is COc1cccc([C@@H]2CC(=O)Nc3c2c(C)nn3-c2ccc3nncn3n2)c1OCc1cccc(C)c1. The first-order valence-corrected chi connectivity index (χ1v) is 11.9. The highest BCUT2D eigenvalue weighted by Crippen LogP contribution is 2.45. The Balaban J connectivity index is 1.43. The van der Waals surface area contributed by atoms with Crippen LogP contribution in [-0.4, -0.2) is 42.6 Å². The van der Waals surface area contributed by atoms with Gasteiger partial charge in [0.05, 0.1) is 12.8 Å². The van der Waals surface area contributed by atoms with Crippen molar-refractivity contribution in [3.8, 4) is 17.3 Å². The number of nitrogens with zero attached hydrogens (tertiary/aromatic N) is 6. The first-order chi connectivity index (χ1) is 18.0. The van der Waals surface area contributed by atoms with Crippen molar-refractivity contribution in [1.82, 2.24) is 29.6 Å². The minimum atomic E-state index is -0.279. The quantitative estimate of drug-likeness (QED) is 0.379. The number of benzene rings is 2. The van der Waals surface area contributed by atoms with Crippen molar-refractivity contribution in [3.63, 3.8) is 0 Å². The van der Waals surface area contributed by atoms with Gasteiger partial charge in [0, 0.05) is 23.5 Å². The molecule has 10 nitrogen and oxygen atoms in total. The highest BCUT2D eigenvalue weighted by molar-refractivity contribution is 5.95. The fourth-order valence-corrected chi connectivity index (χ4v) is 4.89. The summed E-state index contributed by atoms with van der Waals surface area (Å²) < 4.78 is 15.3. The van der Waals surface area contributed by atoms with Crippen molar-refractivity contribution in [2.75, 3.05) is 12.4 Å². The third-order valence-electron chi connectivity index (χ3n) is 6.54. The molecule has 1 N–H and O–H groups in total. The molecular weight excluding hydrogens is 470 g/mol. The lowest BCUT2D eigenvalue weighted by molar-refractivity contribution is -0.116. The molecule has 5 aromatic rings. The van der Waals surface area contributed by atoms with Crippen LogP contribution in [0.25, 0.3) is 11.5 Å².